The van der Waals surface area contributed by atoms with Gasteiger partial charge in [0.1, 0.15) is 0 Å². The summed E-state index contributed by atoms with van der Waals surface area (Å²) in [5, 5.41) is 2.82. The molecule has 1 aliphatic heterocycles. The van der Waals surface area contributed by atoms with Gasteiger partial charge in [-0.3, -0.25) is 9.36 Å². The molecule has 4 nitrogen and oxygen atoms in total. The van der Waals surface area contributed by atoms with E-state index in [9.17, 15) is 18.0 Å². The number of nitrogens with zero attached hydrogens (tertiary/aromatic N) is 2. The van der Waals surface area contributed by atoms with Gasteiger partial charge in [0, 0.05) is 6.04 Å². The van der Waals surface area contributed by atoms with Crippen LogP contribution in [0.2, 0.25) is 0 Å². The van der Waals surface area contributed by atoms with Gasteiger partial charge in [-0.1, -0.05) is 6.07 Å². The summed E-state index contributed by atoms with van der Waals surface area (Å²) in [4.78, 5) is 16.5. The first-order valence-corrected chi connectivity index (χ1v) is 6.76. The van der Waals surface area contributed by atoms with Crippen molar-refractivity contribution < 1.29 is 13.2 Å². The van der Waals surface area contributed by atoms with Crippen molar-refractivity contribution in [3.63, 3.8) is 0 Å². The molecular weight excluding hydrogens is 283 g/mol. The van der Waals surface area contributed by atoms with Crippen molar-refractivity contribution in [1.82, 2.24) is 14.9 Å². The Balaban J connectivity index is 2.21. The van der Waals surface area contributed by atoms with Crippen LogP contribution in [0.5, 0.6) is 0 Å². The highest BCUT2D eigenvalue weighted by atomic mass is 19.4. The van der Waals surface area contributed by atoms with E-state index in [4.69, 9.17) is 0 Å². The summed E-state index contributed by atoms with van der Waals surface area (Å²) in [6, 6.07) is 3.53. The molecule has 0 amide bonds. The highest BCUT2D eigenvalue weighted by Crippen LogP contribution is 2.33. The van der Waals surface area contributed by atoms with Crippen LogP contribution in [-0.4, -0.2) is 22.6 Å². The minimum Gasteiger partial charge on any atom is -0.317 e. The van der Waals surface area contributed by atoms with E-state index < -0.39 is 17.3 Å². The fraction of sp³-hybridized carbons (Fsp3) is 0.429. The van der Waals surface area contributed by atoms with Crippen LogP contribution in [0.15, 0.2) is 29.3 Å². The Morgan fingerprint density at radius 1 is 1.24 bits per heavy atom. The minimum atomic E-state index is -4.56. The van der Waals surface area contributed by atoms with Crippen molar-refractivity contribution in [3.05, 3.63) is 40.4 Å². The average molecular weight is 297 g/mol. The van der Waals surface area contributed by atoms with Gasteiger partial charge in [0.05, 0.1) is 22.8 Å². The SMILES string of the molecule is O=c1c2c(C(F)(F)F)cccc2ncn1C1CCNCC1. The number of hydrogen-bond donors (Lipinski definition) is 1. The number of alkyl halides is 3. The van der Waals surface area contributed by atoms with Gasteiger partial charge in [-0.05, 0) is 38.1 Å². The summed E-state index contributed by atoms with van der Waals surface area (Å²) in [7, 11) is 0. The molecule has 1 aromatic carbocycles. The van der Waals surface area contributed by atoms with Crippen molar-refractivity contribution in [2.75, 3.05) is 13.1 Å². The predicted octanol–water partition coefficient (Wildman–Crippen LogP) is 2.34. The van der Waals surface area contributed by atoms with Crippen LogP contribution in [0.25, 0.3) is 10.9 Å². The van der Waals surface area contributed by atoms with E-state index in [2.05, 4.69) is 10.3 Å². The lowest BCUT2D eigenvalue weighted by molar-refractivity contribution is -0.136. The van der Waals surface area contributed by atoms with E-state index in [1.165, 1.54) is 23.0 Å². The standard InChI is InChI=1S/C14H14F3N3O/c15-14(16,17)10-2-1-3-11-12(10)13(21)20(8-19-11)9-4-6-18-7-5-9/h1-3,8-9,18H,4-7H2. The molecule has 0 spiro atoms. The molecule has 0 saturated carbocycles. The molecule has 1 N–H and O–H groups in total. The van der Waals surface area contributed by atoms with Crippen molar-refractivity contribution in [2.45, 2.75) is 25.1 Å². The second-order valence-electron chi connectivity index (χ2n) is 5.14. The Labute approximate surface area is 118 Å². The fourth-order valence-electron chi connectivity index (χ4n) is 2.76. The molecule has 2 aromatic rings. The van der Waals surface area contributed by atoms with Gasteiger partial charge in [-0.25, -0.2) is 4.98 Å². The van der Waals surface area contributed by atoms with E-state index in [-0.39, 0.29) is 16.9 Å². The van der Waals surface area contributed by atoms with E-state index in [0.29, 0.717) is 12.8 Å². The molecule has 1 aromatic heterocycles. The topological polar surface area (TPSA) is 46.9 Å². The molecule has 0 aliphatic carbocycles. The number of fused-ring (bicyclic) bond motifs is 1. The Morgan fingerprint density at radius 2 is 1.95 bits per heavy atom. The number of piperidine rings is 1. The number of halogens is 3. The molecule has 1 fully saturated rings. The lowest BCUT2D eigenvalue weighted by Gasteiger charge is -2.24. The van der Waals surface area contributed by atoms with Gasteiger partial charge in [-0.2, -0.15) is 13.2 Å². The maximum Gasteiger partial charge on any atom is 0.417 e. The monoisotopic (exact) mass is 297 g/mol. The molecule has 0 atom stereocenters. The highest BCUT2D eigenvalue weighted by molar-refractivity contribution is 5.81. The zero-order valence-electron chi connectivity index (χ0n) is 11.2. The first-order valence-electron chi connectivity index (χ1n) is 6.76. The zero-order valence-corrected chi connectivity index (χ0v) is 11.2. The first-order chi connectivity index (χ1) is 9.98. The normalized spacial score (nSPS) is 17.3. The molecule has 1 saturated heterocycles. The van der Waals surface area contributed by atoms with Crippen molar-refractivity contribution in [3.8, 4) is 0 Å². The fourth-order valence-corrected chi connectivity index (χ4v) is 2.76. The summed E-state index contributed by atoms with van der Waals surface area (Å²) in [5.41, 5.74) is -1.44. The third-order valence-electron chi connectivity index (χ3n) is 3.82. The Morgan fingerprint density at radius 3 is 2.62 bits per heavy atom. The van der Waals surface area contributed by atoms with E-state index >= 15 is 0 Å². The number of nitrogens with one attached hydrogen (secondary N) is 1. The summed E-state index contributed by atoms with van der Waals surface area (Å²) in [6.07, 6.45) is -1.78. The lowest BCUT2D eigenvalue weighted by atomic mass is 10.1. The van der Waals surface area contributed by atoms with Gasteiger partial charge in [0.25, 0.3) is 5.56 Å². The minimum absolute atomic E-state index is 0.0833. The van der Waals surface area contributed by atoms with Gasteiger partial charge < -0.3 is 5.32 Å². The van der Waals surface area contributed by atoms with E-state index in [1.807, 2.05) is 0 Å². The molecule has 0 radical (unpaired) electrons. The number of rotatable bonds is 1. The third kappa shape index (κ3) is 2.53. The van der Waals surface area contributed by atoms with Crippen LogP contribution in [-0.2, 0) is 6.18 Å². The van der Waals surface area contributed by atoms with Crippen molar-refractivity contribution in [1.29, 1.82) is 0 Å². The van der Waals surface area contributed by atoms with E-state index in [0.717, 1.165) is 19.2 Å². The molecule has 21 heavy (non-hydrogen) atoms. The van der Waals surface area contributed by atoms with Gasteiger partial charge in [-0.15, -0.1) is 0 Å². The summed E-state index contributed by atoms with van der Waals surface area (Å²) < 4.78 is 40.6. The van der Waals surface area contributed by atoms with Gasteiger partial charge in [0.15, 0.2) is 0 Å². The Kier molecular flexibility index (Phi) is 3.44. The average Bonchev–Trinajstić information content (AvgIpc) is 2.47. The predicted molar refractivity (Wildman–Crippen MR) is 72.1 cm³/mol. The highest BCUT2D eigenvalue weighted by Gasteiger charge is 2.34. The quantitative estimate of drug-likeness (QED) is 0.879. The molecule has 2 heterocycles. The first kappa shape index (κ1) is 14.1. The molecule has 7 heteroatoms. The maximum absolute atomic E-state index is 13.1. The van der Waals surface area contributed by atoms with Crippen LogP contribution in [0.3, 0.4) is 0 Å². The molecule has 1 aliphatic rings. The van der Waals surface area contributed by atoms with Crippen LogP contribution < -0.4 is 10.9 Å². The second-order valence-corrected chi connectivity index (χ2v) is 5.14. The van der Waals surface area contributed by atoms with Crippen LogP contribution >= 0.6 is 0 Å². The van der Waals surface area contributed by atoms with Gasteiger partial charge >= 0.3 is 6.18 Å². The third-order valence-corrected chi connectivity index (χ3v) is 3.82. The van der Waals surface area contributed by atoms with Crippen molar-refractivity contribution >= 4 is 10.9 Å². The zero-order chi connectivity index (χ0) is 15.0. The maximum atomic E-state index is 13.1. The Hall–Kier alpha value is -1.89. The molecular formula is C14H14F3N3O. The Bertz CT molecular complexity index is 717. The number of hydrogen-bond acceptors (Lipinski definition) is 3. The smallest absolute Gasteiger partial charge is 0.317 e. The molecule has 112 valence electrons. The van der Waals surface area contributed by atoms with Crippen LogP contribution in [0, 0.1) is 0 Å². The summed E-state index contributed by atoms with van der Waals surface area (Å²) >= 11 is 0. The molecule has 0 unspecified atom stereocenters. The van der Waals surface area contributed by atoms with E-state index in [1.54, 1.807) is 0 Å². The number of aromatic nitrogens is 2. The largest absolute Gasteiger partial charge is 0.417 e. The lowest BCUT2D eigenvalue weighted by Crippen LogP contribution is -2.34. The summed E-state index contributed by atoms with van der Waals surface area (Å²) in [5.74, 6) is 0. The summed E-state index contributed by atoms with van der Waals surface area (Å²) in [6.45, 7) is 1.49. The van der Waals surface area contributed by atoms with Crippen LogP contribution in [0.1, 0.15) is 24.4 Å². The molecule has 0 bridgehead atoms. The number of benzene rings is 1. The molecule has 3 rings (SSSR count). The van der Waals surface area contributed by atoms with Crippen LogP contribution in [0.4, 0.5) is 13.2 Å². The second kappa shape index (κ2) is 5.14. The van der Waals surface area contributed by atoms with Crippen molar-refractivity contribution in [2.24, 2.45) is 0 Å². The van der Waals surface area contributed by atoms with Gasteiger partial charge in [0.2, 0.25) is 0 Å².